The predicted octanol–water partition coefficient (Wildman–Crippen LogP) is 1.21. The van der Waals surface area contributed by atoms with Crippen LogP contribution < -0.4 is 10.9 Å². The summed E-state index contributed by atoms with van der Waals surface area (Å²) in [4.78, 5) is 40.1. The number of nitrogens with zero attached hydrogens (tertiary/aromatic N) is 1. The number of amides is 2. The molecule has 2 heterocycles. The Kier molecular flexibility index (Phi) is 5.00. The van der Waals surface area contributed by atoms with Gasteiger partial charge in [0.05, 0.1) is 11.4 Å². The minimum absolute atomic E-state index is 0.165. The quantitative estimate of drug-likeness (QED) is 0.874. The van der Waals surface area contributed by atoms with Crippen molar-refractivity contribution in [2.75, 3.05) is 11.6 Å². The molecule has 0 spiro atoms. The molecular formula is C17H17N3O3S. The molecule has 24 heavy (non-hydrogen) atoms. The summed E-state index contributed by atoms with van der Waals surface area (Å²) < 4.78 is 0. The van der Waals surface area contributed by atoms with Crippen LogP contribution in [-0.2, 0) is 11.3 Å². The zero-order valence-corrected chi connectivity index (χ0v) is 13.7. The van der Waals surface area contributed by atoms with E-state index in [1.165, 1.54) is 30.1 Å². The van der Waals surface area contributed by atoms with E-state index in [0.29, 0.717) is 23.7 Å². The number of thioether (sulfide) groups is 1. The van der Waals surface area contributed by atoms with E-state index in [9.17, 15) is 14.4 Å². The van der Waals surface area contributed by atoms with E-state index in [4.69, 9.17) is 0 Å². The molecule has 1 aliphatic rings. The average molecular weight is 343 g/mol. The number of hydrogen-bond acceptors (Lipinski definition) is 4. The topological polar surface area (TPSA) is 82.3 Å². The number of benzene rings is 1. The third-order valence-electron chi connectivity index (χ3n) is 3.79. The maximum atomic E-state index is 12.6. The van der Waals surface area contributed by atoms with Crippen molar-refractivity contribution in [3.05, 3.63) is 70.1 Å². The number of carbonyl (C=O) groups excluding carboxylic acids is 2. The molecule has 1 aromatic carbocycles. The lowest BCUT2D eigenvalue weighted by Crippen LogP contribution is -2.47. The van der Waals surface area contributed by atoms with Crippen LogP contribution in [0.1, 0.15) is 15.9 Å². The van der Waals surface area contributed by atoms with E-state index >= 15 is 0 Å². The summed E-state index contributed by atoms with van der Waals surface area (Å²) >= 11 is 1.54. The largest absolute Gasteiger partial charge is 0.350 e. The smallest absolute Gasteiger partial charge is 0.256 e. The van der Waals surface area contributed by atoms with Crippen LogP contribution in [0.25, 0.3) is 0 Å². The van der Waals surface area contributed by atoms with Crippen molar-refractivity contribution in [3.63, 3.8) is 0 Å². The molecule has 7 heteroatoms. The van der Waals surface area contributed by atoms with Gasteiger partial charge in [0.15, 0.2) is 0 Å². The molecule has 2 amide bonds. The first kappa shape index (κ1) is 16.3. The van der Waals surface area contributed by atoms with Gasteiger partial charge in [-0.25, -0.2) is 0 Å². The van der Waals surface area contributed by atoms with Gasteiger partial charge in [-0.05, 0) is 11.6 Å². The van der Waals surface area contributed by atoms with Crippen molar-refractivity contribution in [2.45, 2.75) is 12.6 Å². The Morgan fingerprint density at radius 1 is 1.21 bits per heavy atom. The first-order valence-electron chi connectivity index (χ1n) is 7.54. The summed E-state index contributed by atoms with van der Waals surface area (Å²) in [7, 11) is 0. The molecule has 0 aliphatic carbocycles. The molecule has 6 nitrogen and oxygen atoms in total. The molecule has 1 aliphatic heterocycles. The Hall–Kier alpha value is -2.54. The molecule has 0 unspecified atom stereocenters. The summed E-state index contributed by atoms with van der Waals surface area (Å²) in [5.41, 5.74) is 1.12. The van der Waals surface area contributed by atoms with Gasteiger partial charge in [0.2, 0.25) is 11.5 Å². The van der Waals surface area contributed by atoms with Gasteiger partial charge in [-0.15, -0.1) is 11.8 Å². The molecule has 124 valence electrons. The maximum Gasteiger partial charge on any atom is 0.256 e. The fourth-order valence-corrected chi connectivity index (χ4v) is 3.63. The normalized spacial score (nSPS) is 16.8. The van der Waals surface area contributed by atoms with Gasteiger partial charge in [-0.1, -0.05) is 30.3 Å². The molecule has 1 atom stereocenters. The third kappa shape index (κ3) is 3.68. The van der Waals surface area contributed by atoms with Gasteiger partial charge >= 0.3 is 0 Å². The Balaban J connectivity index is 1.66. The molecule has 2 aromatic rings. The van der Waals surface area contributed by atoms with Gasteiger partial charge in [-0.3, -0.25) is 14.4 Å². The second-order valence-electron chi connectivity index (χ2n) is 5.44. The van der Waals surface area contributed by atoms with Crippen LogP contribution in [0.2, 0.25) is 0 Å². The van der Waals surface area contributed by atoms with Crippen LogP contribution >= 0.6 is 11.8 Å². The van der Waals surface area contributed by atoms with Gasteiger partial charge in [0.1, 0.15) is 6.04 Å². The molecule has 2 N–H and O–H groups in total. The fraction of sp³-hybridized carbons (Fsp3) is 0.235. The lowest BCUT2D eigenvalue weighted by atomic mass is 10.2. The van der Waals surface area contributed by atoms with Gasteiger partial charge < -0.3 is 15.2 Å². The minimum Gasteiger partial charge on any atom is -0.350 e. The maximum absolute atomic E-state index is 12.6. The lowest BCUT2D eigenvalue weighted by molar-refractivity contribution is -0.124. The van der Waals surface area contributed by atoms with Crippen molar-refractivity contribution in [1.29, 1.82) is 0 Å². The Morgan fingerprint density at radius 3 is 2.71 bits per heavy atom. The molecule has 0 saturated carbocycles. The van der Waals surface area contributed by atoms with Gasteiger partial charge in [0.25, 0.3) is 5.91 Å². The summed E-state index contributed by atoms with van der Waals surface area (Å²) in [5, 5.41) is 2.88. The standard InChI is InChI=1S/C17H17N3O3S/c21-15-7-6-13(9-18-15)17(23)20-11-24-10-14(20)16(22)19-8-12-4-2-1-3-5-12/h1-7,9,14H,8,10-11H2,(H,18,21)(H,19,22)/t14-/m1/s1. The Labute approximate surface area is 143 Å². The highest BCUT2D eigenvalue weighted by atomic mass is 32.2. The highest BCUT2D eigenvalue weighted by Crippen LogP contribution is 2.23. The second-order valence-corrected chi connectivity index (χ2v) is 6.44. The van der Waals surface area contributed by atoms with Gasteiger partial charge in [-0.2, -0.15) is 0 Å². The predicted molar refractivity (Wildman–Crippen MR) is 92.6 cm³/mol. The van der Waals surface area contributed by atoms with E-state index in [-0.39, 0.29) is 17.4 Å². The van der Waals surface area contributed by atoms with Crippen LogP contribution in [0, 0.1) is 0 Å². The van der Waals surface area contributed by atoms with Crippen LogP contribution in [0.15, 0.2) is 53.5 Å². The SMILES string of the molecule is O=C(NCc1ccccc1)[C@H]1CSCN1C(=O)c1ccc(=O)[nH]c1. The number of aromatic amines is 1. The van der Waals surface area contributed by atoms with Crippen LogP contribution in [0.4, 0.5) is 0 Å². The molecule has 3 rings (SSSR count). The minimum atomic E-state index is -0.502. The number of carbonyl (C=O) groups is 2. The van der Waals surface area contributed by atoms with Crippen molar-refractivity contribution in [1.82, 2.24) is 15.2 Å². The number of rotatable bonds is 4. The number of hydrogen-bond donors (Lipinski definition) is 2. The van der Waals surface area contributed by atoms with Crippen molar-refractivity contribution >= 4 is 23.6 Å². The number of aromatic nitrogens is 1. The summed E-state index contributed by atoms with van der Waals surface area (Å²) in [6, 6.07) is 11.9. The molecule has 1 aromatic heterocycles. The fourth-order valence-electron chi connectivity index (χ4n) is 2.47. The number of nitrogens with one attached hydrogen (secondary N) is 2. The van der Waals surface area contributed by atoms with Gasteiger partial charge in [0, 0.05) is 24.6 Å². The van der Waals surface area contributed by atoms with E-state index in [2.05, 4.69) is 10.3 Å². The Bertz CT molecular complexity index is 771. The number of H-pyrrole nitrogens is 1. The third-order valence-corrected chi connectivity index (χ3v) is 4.80. The van der Waals surface area contributed by atoms with Crippen LogP contribution in [-0.4, -0.2) is 39.4 Å². The molecular weight excluding hydrogens is 326 g/mol. The zero-order valence-electron chi connectivity index (χ0n) is 12.9. The zero-order chi connectivity index (χ0) is 16.9. The summed E-state index contributed by atoms with van der Waals surface area (Å²) in [6.45, 7) is 0.432. The van der Waals surface area contributed by atoms with E-state index in [1.807, 2.05) is 30.3 Å². The molecule has 0 bridgehead atoms. The van der Waals surface area contributed by atoms with E-state index in [1.54, 1.807) is 4.90 Å². The molecule has 1 saturated heterocycles. The van der Waals surface area contributed by atoms with E-state index in [0.717, 1.165) is 5.56 Å². The second kappa shape index (κ2) is 7.35. The molecule has 1 fully saturated rings. The van der Waals surface area contributed by atoms with E-state index < -0.39 is 6.04 Å². The molecule has 0 radical (unpaired) electrons. The lowest BCUT2D eigenvalue weighted by Gasteiger charge is -2.23. The first-order valence-corrected chi connectivity index (χ1v) is 8.70. The monoisotopic (exact) mass is 343 g/mol. The summed E-state index contributed by atoms with van der Waals surface area (Å²) in [5.74, 6) is 0.606. The van der Waals surface area contributed by atoms with Crippen molar-refractivity contribution in [2.24, 2.45) is 0 Å². The van der Waals surface area contributed by atoms with Crippen molar-refractivity contribution in [3.8, 4) is 0 Å². The highest BCUT2D eigenvalue weighted by Gasteiger charge is 2.35. The number of pyridine rings is 1. The highest BCUT2D eigenvalue weighted by molar-refractivity contribution is 7.99. The first-order chi connectivity index (χ1) is 11.6. The van der Waals surface area contributed by atoms with Crippen molar-refractivity contribution < 1.29 is 9.59 Å². The Morgan fingerprint density at radius 2 is 2.00 bits per heavy atom. The summed E-state index contributed by atoms with van der Waals surface area (Å²) in [6.07, 6.45) is 1.38. The van der Waals surface area contributed by atoms with Crippen LogP contribution in [0.5, 0.6) is 0 Å². The van der Waals surface area contributed by atoms with Crippen LogP contribution in [0.3, 0.4) is 0 Å². The average Bonchev–Trinajstić information content (AvgIpc) is 3.10.